The molecule has 0 heterocycles. The Morgan fingerprint density at radius 1 is 1.53 bits per heavy atom. The second-order valence-electron chi connectivity index (χ2n) is 3.52. The zero-order chi connectivity index (χ0) is 13.5. The predicted molar refractivity (Wildman–Crippen MR) is 71.0 cm³/mol. The summed E-state index contributed by atoms with van der Waals surface area (Å²) in [5.74, 6) is -0.0755. The average Bonchev–Trinajstić information content (AvgIpc) is 2.15. The average molecular weight is 281 g/mol. The summed E-state index contributed by atoms with van der Waals surface area (Å²) in [5, 5.41) is 2.94. The molecular formula is C10H20NO4PS. The Balaban J connectivity index is 4.50. The molecule has 0 amide bonds. The molecule has 17 heavy (non-hydrogen) atoms. The second-order valence-corrected chi connectivity index (χ2v) is 6.82. The zero-order valence-corrected chi connectivity index (χ0v) is 12.6. The van der Waals surface area contributed by atoms with Crippen LogP contribution in [0.25, 0.3) is 0 Å². The lowest BCUT2D eigenvalue weighted by atomic mass is 10.4. The molecule has 0 saturated carbocycles. The first-order chi connectivity index (χ1) is 7.83. The minimum atomic E-state index is -2.54. The van der Waals surface area contributed by atoms with E-state index in [1.165, 1.54) is 13.2 Å². The van der Waals surface area contributed by atoms with Crippen molar-refractivity contribution >= 4 is 24.4 Å². The van der Waals surface area contributed by atoms with Crippen LogP contribution in [0.15, 0.2) is 11.8 Å². The molecule has 0 aliphatic heterocycles. The van der Waals surface area contributed by atoms with Crippen molar-refractivity contribution in [2.45, 2.75) is 33.8 Å². The fourth-order valence-corrected chi connectivity index (χ4v) is 2.80. The van der Waals surface area contributed by atoms with Crippen molar-refractivity contribution in [2.24, 2.45) is 0 Å². The van der Waals surface area contributed by atoms with Gasteiger partial charge in [-0.15, -0.1) is 0 Å². The third-order valence-electron chi connectivity index (χ3n) is 1.53. The van der Waals surface area contributed by atoms with E-state index in [-0.39, 0.29) is 6.10 Å². The third-order valence-corrected chi connectivity index (χ3v) is 4.30. The van der Waals surface area contributed by atoms with Crippen molar-refractivity contribution in [1.29, 1.82) is 0 Å². The van der Waals surface area contributed by atoms with Gasteiger partial charge < -0.3 is 13.8 Å². The maximum absolute atomic E-state index is 11.3. The number of rotatable bonds is 7. The van der Waals surface area contributed by atoms with Crippen LogP contribution in [-0.2, 0) is 30.4 Å². The van der Waals surface area contributed by atoms with Gasteiger partial charge in [-0.1, -0.05) is 6.92 Å². The summed E-state index contributed by atoms with van der Waals surface area (Å²) in [4.78, 5) is 11.3. The Bertz CT molecular complexity index is 330. The van der Waals surface area contributed by atoms with Gasteiger partial charge in [-0.3, -0.25) is 0 Å². The monoisotopic (exact) mass is 281 g/mol. The van der Waals surface area contributed by atoms with Gasteiger partial charge in [0.25, 0.3) is 0 Å². The van der Waals surface area contributed by atoms with Gasteiger partial charge in [0.2, 0.25) is 0 Å². The lowest BCUT2D eigenvalue weighted by Gasteiger charge is -2.21. The number of carbonyl (C=O) groups is 1. The van der Waals surface area contributed by atoms with Crippen LogP contribution >= 0.6 is 6.64 Å². The van der Waals surface area contributed by atoms with Gasteiger partial charge in [-0.05, 0) is 32.6 Å². The van der Waals surface area contributed by atoms with Crippen LogP contribution in [0.5, 0.6) is 0 Å². The molecule has 0 fully saturated rings. The summed E-state index contributed by atoms with van der Waals surface area (Å²) >= 11 is 5.18. The number of esters is 1. The maximum atomic E-state index is 11.3. The van der Waals surface area contributed by atoms with E-state index in [4.69, 9.17) is 25.6 Å². The lowest BCUT2D eigenvalue weighted by Crippen LogP contribution is -2.13. The topological polar surface area (TPSA) is 56.8 Å². The number of hydrogen-bond donors (Lipinski definition) is 1. The van der Waals surface area contributed by atoms with Gasteiger partial charge >= 0.3 is 12.6 Å². The van der Waals surface area contributed by atoms with E-state index in [2.05, 4.69) is 5.09 Å². The molecule has 1 N–H and O–H groups in total. The smallest absolute Gasteiger partial charge is 0.334 e. The lowest BCUT2D eigenvalue weighted by molar-refractivity contribution is -0.141. The Morgan fingerprint density at radius 2 is 2.12 bits per heavy atom. The molecule has 1 atom stereocenters. The standard InChI is InChI=1S/C10H20NO4PS/c1-6-11-16(17,13-5)15-9(4)7-10(12)14-8(2)3/h7-8H,6H2,1-5H3,(H,11,17)/b9-7+. The molecule has 7 heteroatoms. The van der Waals surface area contributed by atoms with Gasteiger partial charge in [-0.2, -0.15) is 0 Å². The molecule has 100 valence electrons. The summed E-state index contributed by atoms with van der Waals surface area (Å²) in [6.07, 6.45) is 1.10. The summed E-state index contributed by atoms with van der Waals surface area (Å²) in [6.45, 7) is 5.19. The molecule has 0 aromatic heterocycles. The highest BCUT2D eigenvalue weighted by Gasteiger charge is 2.17. The number of ether oxygens (including phenoxy) is 1. The van der Waals surface area contributed by atoms with Crippen LogP contribution in [0, 0.1) is 0 Å². The summed E-state index contributed by atoms with van der Waals surface area (Å²) in [5.41, 5.74) is 0. The number of nitrogens with one attached hydrogen (secondary N) is 1. The molecule has 0 aromatic rings. The van der Waals surface area contributed by atoms with Crippen molar-refractivity contribution in [2.75, 3.05) is 13.7 Å². The quantitative estimate of drug-likeness (QED) is 0.334. The van der Waals surface area contributed by atoms with Gasteiger partial charge in [0.05, 0.1) is 12.2 Å². The van der Waals surface area contributed by atoms with Crippen molar-refractivity contribution in [1.82, 2.24) is 5.09 Å². The Morgan fingerprint density at radius 3 is 2.53 bits per heavy atom. The van der Waals surface area contributed by atoms with E-state index in [0.717, 1.165) is 0 Å². The highest BCUT2D eigenvalue weighted by atomic mass is 32.5. The first kappa shape index (κ1) is 16.6. The molecule has 0 rings (SSSR count). The fourth-order valence-electron chi connectivity index (χ4n) is 0.976. The van der Waals surface area contributed by atoms with Gasteiger partial charge in [0, 0.05) is 13.7 Å². The van der Waals surface area contributed by atoms with E-state index >= 15 is 0 Å². The first-order valence-electron chi connectivity index (χ1n) is 5.32. The number of hydrogen-bond acceptors (Lipinski definition) is 5. The largest absolute Gasteiger partial charge is 0.460 e. The molecule has 0 aliphatic carbocycles. The van der Waals surface area contributed by atoms with Crippen molar-refractivity contribution in [3.8, 4) is 0 Å². The summed E-state index contributed by atoms with van der Waals surface area (Å²) in [7, 11) is 1.48. The summed E-state index contributed by atoms with van der Waals surface area (Å²) < 4.78 is 15.5. The van der Waals surface area contributed by atoms with Gasteiger partial charge in [0.15, 0.2) is 0 Å². The Labute approximate surface area is 108 Å². The van der Waals surface area contributed by atoms with Crippen molar-refractivity contribution in [3.63, 3.8) is 0 Å². The minimum Gasteiger partial charge on any atom is -0.460 e. The molecule has 0 aromatic carbocycles. The molecular weight excluding hydrogens is 261 g/mol. The van der Waals surface area contributed by atoms with Crippen LogP contribution in [-0.4, -0.2) is 25.7 Å². The Kier molecular flexibility index (Phi) is 7.63. The van der Waals surface area contributed by atoms with Crippen LogP contribution in [0.2, 0.25) is 0 Å². The molecule has 5 nitrogen and oxygen atoms in total. The van der Waals surface area contributed by atoms with Crippen molar-refractivity contribution in [3.05, 3.63) is 11.8 Å². The molecule has 0 aliphatic rings. The van der Waals surface area contributed by atoms with E-state index < -0.39 is 12.6 Å². The molecule has 0 radical (unpaired) electrons. The maximum Gasteiger partial charge on any atom is 0.334 e. The van der Waals surface area contributed by atoms with Crippen LogP contribution in [0.4, 0.5) is 0 Å². The van der Waals surface area contributed by atoms with Crippen LogP contribution in [0.3, 0.4) is 0 Å². The normalized spacial score (nSPS) is 15.5. The van der Waals surface area contributed by atoms with E-state index in [1.54, 1.807) is 20.8 Å². The van der Waals surface area contributed by atoms with Crippen LogP contribution in [0.1, 0.15) is 27.7 Å². The SMILES string of the molecule is CCNP(=S)(OC)O/C(C)=C/C(=O)OC(C)C. The minimum absolute atomic E-state index is 0.161. The van der Waals surface area contributed by atoms with E-state index in [1.807, 2.05) is 6.92 Å². The zero-order valence-electron chi connectivity index (χ0n) is 10.9. The molecule has 0 spiro atoms. The van der Waals surface area contributed by atoms with Crippen LogP contribution < -0.4 is 5.09 Å². The van der Waals surface area contributed by atoms with Gasteiger partial charge in [0.1, 0.15) is 5.76 Å². The molecule has 1 unspecified atom stereocenters. The van der Waals surface area contributed by atoms with Gasteiger partial charge in [-0.25, -0.2) is 9.88 Å². The number of allylic oxidation sites excluding steroid dienone is 1. The highest BCUT2D eigenvalue weighted by Crippen LogP contribution is 2.44. The molecule has 0 bridgehead atoms. The van der Waals surface area contributed by atoms with E-state index in [0.29, 0.717) is 12.3 Å². The molecule has 0 saturated heterocycles. The fraction of sp³-hybridized carbons (Fsp3) is 0.700. The predicted octanol–water partition coefficient (Wildman–Crippen LogP) is 2.34. The third kappa shape index (κ3) is 7.49. The first-order valence-corrected chi connectivity index (χ1v) is 7.96. The van der Waals surface area contributed by atoms with Crippen molar-refractivity contribution < 1.29 is 18.6 Å². The highest BCUT2D eigenvalue weighted by molar-refractivity contribution is 8.09. The number of carbonyl (C=O) groups excluding carboxylic acids is 1. The Hall–Kier alpha value is -0.420. The van der Waals surface area contributed by atoms with E-state index in [9.17, 15) is 4.79 Å². The second kappa shape index (κ2) is 7.82. The summed E-state index contributed by atoms with van der Waals surface area (Å²) in [6, 6.07) is 0.